The van der Waals surface area contributed by atoms with Crippen LogP contribution < -0.4 is 5.73 Å². The van der Waals surface area contributed by atoms with Crippen molar-refractivity contribution in [3.05, 3.63) is 36.0 Å². The Bertz CT molecular complexity index is 669. The van der Waals surface area contributed by atoms with E-state index in [0.717, 1.165) is 24.2 Å². The molecule has 0 spiro atoms. The maximum Gasteiger partial charge on any atom is 0.219 e. The molecule has 4 heteroatoms. The molecule has 98 valence electrons. The number of nitrogens with zero attached hydrogens (tertiary/aromatic N) is 1. The van der Waals surface area contributed by atoms with E-state index < -0.39 is 0 Å². The first-order valence-corrected chi connectivity index (χ1v) is 6.46. The average molecular weight is 255 g/mol. The van der Waals surface area contributed by atoms with Crippen LogP contribution >= 0.6 is 0 Å². The molecule has 0 radical (unpaired) electrons. The number of rotatable bonds is 1. The van der Waals surface area contributed by atoms with Crippen molar-refractivity contribution in [2.45, 2.75) is 13.3 Å². The number of H-pyrrole nitrogens is 1. The van der Waals surface area contributed by atoms with Gasteiger partial charge in [0.15, 0.2) is 0 Å². The standard InChI is InChI=1S/C15H17N3O/c1-10(19)18-6-4-11(5-7-18)14-9-17-15-8-12(16)2-3-13(14)15/h2-4,8-9,17H,5-7,16H2,1H3. The van der Waals surface area contributed by atoms with Crippen molar-refractivity contribution in [3.63, 3.8) is 0 Å². The van der Waals surface area contributed by atoms with Crippen LogP contribution in [-0.4, -0.2) is 28.9 Å². The fraction of sp³-hybridized carbons (Fsp3) is 0.267. The van der Waals surface area contributed by atoms with Crippen molar-refractivity contribution in [1.82, 2.24) is 9.88 Å². The SMILES string of the molecule is CC(=O)N1CC=C(c2c[nH]c3cc(N)ccc23)CC1. The number of anilines is 1. The summed E-state index contributed by atoms with van der Waals surface area (Å²) in [5.74, 6) is 0.141. The zero-order chi connectivity index (χ0) is 13.4. The van der Waals surface area contributed by atoms with Crippen LogP contribution in [0.3, 0.4) is 0 Å². The number of nitrogens with one attached hydrogen (secondary N) is 1. The minimum Gasteiger partial charge on any atom is -0.399 e. The second-order valence-corrected chi connectivity index (χ2v) is 4.95. The first-order chi connectivity index (χ1) is 9.15. The molecule has 1 aromatic carbocycles. The molecule has 1 aliphatic heterocycles. The molecule has 3 rings (SSSR count). The van der Waals surface area contributed by atoms with E-state index in [0.29, 0.717) is 6.54 Å². The summed E-state index contributed by atoms with van der Waals surface area (Å²) >= 11 is 0. The summed E-state index contributed by atoms with van der Waals surface area (Å²) in [6, 6.07) is 5.92. The Morgan fingerprint density at radius 2 is 2.26 bits per heavy atom. The molecule has 1 amide bonds. The number of fused-ring (bicyclic) bond motifs is 1. The van der Waals surface area contributed by atoms with Crippen LogP contribution in [0.2, 0.25) is 0 Å². The predicted octanol–water partition coefficient (Wildman–Crippen LogP) is 2.39. The highest BCUT2D eigenvalue weighted by Crippen LogP contribution is 2.30. The Labute approximate surface area is 111 Å². The number of aromatic nitrogens is 1. The van der Waals surface area contributed by atoms with Crippen LogP contribution in [0, 0.1) is 0 Å². The Hall–Kier alpha value is -2.23. The quantitative estimate of drug-likeness (QED) is 0.768. The Morgan fingerprint density at radius 3 is 2.95 bits per heavy atom. The molecule has 1 aromatic heterocycles. The van der Waals surface area contributed by atoms with Gasteiger partial charge in [0.2, 0.25) is 5.91 Å². The van der Waals surface area contributed by atoms with Gasteiger partial charge in [-0.25, -0.2) is 0 Å². The van der Waals surface area contributed by atoms with E-state index in [1.54, 1.807) is 6.92 Å². The lowest BCUT2D eigenvalue weighted by Crippen LogP contribution is -2.32. The summed E-state index contributed by atoms with van der Waals surface area (Å²) < 4.78 is 0. The Morgan fingerprint density at radius 1 is 1.42 bits per heavy atom. The highest BCUT2D eigenvalue weighted by Gasteiger charge is 2.16. The molecule has 0 bridgehead atoms. The van der Waals surface area contributed by atoms with E-state index in [2.05, 4.69) is 17.1 Å². The molecule has 19 heavy (non-hydrogen) atoms. The smallest absolute Gasteiger partial charge is 0.219 e. The lowest BCUT2D eigenvalue weighted by molar-refractivity contribution is -0.128. The monoisotopic (exact) mass is 255 g/mol. The van der Waals surface area contributed by atoms with Gasteiger partial charge in [-0.2, -0.15) is 0 Å². The van der Waals surface area contributed by atoms with Crippen molar-refractivity contribution >= 4 is 28.1 Å². The van der Waals surface area contributed by atoms with Gasteiger partial charge in [-0.05, 0) is 24.1 Å². The molecule has 0 saturated carbocycles. The van der Waals surface area contributed by atoms with Gasteiger partial charge in [-0.15, -0.1) is 0 Å². The molecule has 0 unspecified atom stereocenters. The Balaban J connectivity index is 1.95. The van der Waals surface area contributed by atoms with Crippen LogP contribution in [-0.2, 0) is 4.79 Å². The van der Waals surface area contributed by atoms with Gasteiger partial charge in [0.25, 0.3) is 0 Å². The maximum absolute atomic E-state index is 11.3. The second-order valence-electron chi connectivity index (χ2n) is 4.95. The molecule has 1 aliphatic rings. The molecular weight excluding hydrogens is 238 g/mol. The van der Waals surface area contributed by atoms with Gasteiger partial charge in [0.1, 0.15) is 0 Å². The highest BCUT2D eigenvalue weighted by atomic mass is 16.2. The number of nitrogens with two attached hydrogens (primary N) is 1. The van der Waals surface area contributed by atoms with Crippen molar-refractivity contribution in [2.24, 2.45) is 0 Å². The van der Waals surface area contributed by atoms with Gasteiger partial charge in [-0.1, -0.05) is 12.1 Å². The molecule has 3 N–H and O–H groups in total. The number of carbonyl (C=O) groups excluding carboxylic acids is 1. The summed E-state index contributed by atoms with van der Waals surface area (Å²) in [6.07, 6.45) is 5.07. The van der Waals surface area contributed by atoms with Gasteiger partial charge < -0.3 is 15.6 Å². The molecule has 0 saturated heterocycles. The van der Waals surface area contributed by atoms with Gasteiger partial charge in [-0.3, -0.25) is 4.79 Å². The first kappa shape index (κ1) is 11.8. The number of nitrogen functional groups attached to an aromatic ring is 1. The van der Waals surface area contributed by atoms with E-state index >= 15 is 0 Å². The van der Waals surface area contributed by atoms with E-state index in [-0.39, 0.29) is 5.91 Å². The van der Waals surface area contributed by atoms with E-state index in [9.17, 15) is 4.79 Å². The minimum absolute atomic E-state index is 0.141. The van der Waals surface area contributed by atoms with Crippen molar-refractivity contribution in [2.75, 3.05) is 18.8 Å². The molecule has 0 fully saturated rings. The maximum atomic E-state index is 11.3. The number of benzene rings is 1. The van der Waals surface area contributed by atoms with E-state index in [4.69, 9.17) is 5.73 Å². The number of hydrogen-bond acceptors (Lipinski definition) is 2. The van der Waals surface area contributed by atoms with Crippen molar-refractivity contribution in [1.29, 1.82) is 0 Å². The molecule has 2 heterocycles. The lowest BCUT2D eigenvalue weighted by Gasteiger charge is -2.25. The molecule has 0 atom stereocenters. The normalized spacial score (nSPS) is 15.6. The third-order valence-electron chi connectivity index (χ3n) is 3.71. The minimum atomic E-state index is 0.141. The molecular formula is C15H17N3O. The summed E-state index contributed by atoms with van der Waals surface area (Å²) in [6.45, 7) is 3.11. The third kappa shape index (κ3) is 2.10. The average Bonchev–Trinajstić information content (AvgIpc) is 2.81. The summed E-state index contributed by atoms with van der Waals surface area (Å²) in [4.78, 5) is 16.4. The highest BCUT2D eigenvalue weighted by molar-refractivity contribution is 5.94. The number of amides is 1. The largest absolute Gasteiger partial charge is 0.399 e. The van der Waals surface area contributed by atoms with Crippen molar-refractivity contribution < 1.29 is 4.79 Å². The number of hydrogen-bond donors (Lipinski definition) is 2. The van der Waals surface area contributed by atoms with Gasteiger partial charge in [0, 0.05) is 48.4 Å². The van der Waals surface area contributed by atoms with Crippen LogP contribution in [0.25, 0.3) is 16.5 Å². The number of aromatic amines is 1. The Kier molecular flexibility index (Phi) is 2.78. The first-order valence-electron chi connectivity index (χ1n) is 6.46. The van der Waals surface area contributed by atoms with Crippen LogP contribution in [0.4, 0.5) is 5.69 Å². The number of carbonyl (C=O) groups is 1. The fourth-order valence-electron chi connectivity index (χ4n) is 2.61. The molecule has 0 aliphatic carbocycles. The fourth-order valence-corrected chi connectivity index (χ4v) is 2.61. The summed E-state index contributed by atoms with van der Waals surface area (Å²) in [7, 11) is 0. The second kappa shape index (κ2) is 4.46. The molecule has 2 aromatic rings. The third-order valence-corrected chi connectivity index (χ3v) is 3.71. The van der Waals surface area contributed by atoms with E-state index in [1.807, 2.05) is 23.2 Å². The zero-order valence-electron chi connectivity index (χ0n) is 10.9. The predicted molar refractivity (Wildman–Crippen MR) is 77.6 cm³/mol. The van der Waals surface area contributed by atoms with Crippen LogP contribution in [0.5, 0.6) is 0 Å². The summed E-state index contributed by atoms with van der Waals surface area (Å²) in [5, 5.41) is 1.19. The topological polar surface area (TPSA) is 62.1 Å². The zero-order valence-corrected chi connectivity index (χ0v) is 10.9. The lowest BCUT2D eigenvalue weighted by atomic mass is 9.99. The summed E-state index contributed by atoms with van der Waals surface area (Å²) in [5.41, 5.74) is 10.1. The molecule has 4 nitrogen and oxygen atoms in total. The van der Waals surface area contributed by atoms with Gasteiger partial charge >= 0.3 is 0 Å². The van der Waals surface area contributed by atoms with Gasteiger partial charge in [0.05, 0.1) is 0 Å². The van der Waals surface area contributed by atoms with Crippen LogP contribution in [0.15, 0.2) is 30.5 Å². The van der Waals surface area contributed by atoms with Crippen molar-refractivity contribution in [3.8, 4) is 0 Å². The van der Waals surface area contributed by atoms with E-state index in [1.165, 1.54) is 16.5 Å². The van der Waals surface area contributed by atoms with Crippen LogP contribution in [0.1, 0.15) is 18.9 Å².